The van der Waals surface area contributed by atoms with Gasteiger partial charge in [-0.25, -0.2) is 4.39 Å². The van der Waals surface area contributed by atoms with Crippen LogP contribution in [0.1, 0.15) is 57.9 Å². The highest BCUT2D eigenvalue weighted by atomic mass is 19.1. The number of hydrogen-bond donors (Lipinski definition) is 3. The number of rotatable bonds is 14. The number of aliphatic hydroxyl groups excluding tert-OH is 1. The maximum Gasteiger partial charge on any atom is 0.309 e. The van der Waals surface area contributed by atoms with Crippen LogP contribution in [0.5, 0.6) is 0 Å². The molecule has 2 rings (SSSR count). The first-order valence-electron chi connectivity index (χ1n) is 13.0. The van der Waals surface area contributed by atoms with Crippen molar-refractivity contribution >= 4 is 17.6 Å². The third-order valence-corrected chi connectivity index (χ3v) is 5.79. The molecular weight excluding hydrogens is 501 g/mol. The van der Waals surface area contributed by atoms with E-state index in [4.69, 9.17) is 14.9 Å². The second-order valence-electron chi connectivity index (χ2n) is 9.28. The average molecular weight is 544 g/mol. The first-order valence-corrected chi connectivity index (χ1v) is 13.0. The quantitative estimate of drug-likeness (QED) is 0.127. The number of halogens is 1. The molecule has 214 valence electrons. The number of carboxylic acid groups (broad SMARTS) is 1. The van der Waals surface area contributed by atoms with Crippen LogP contribution in [0.3, 0.4) is 0 Å². The molecule has 1 aromatic rings. The number of hydrazone groups is 1. The summed E-state index contributed by atoms with van der Waals surface area (Å²) < 4.78 is 19.5. The molecule has 39 heavy (non-hydrogen) atoms. The summed E-state index contributed by atoms with van der Waals surface area (Å²) in [5.41, 5.74) is 2.25. The Hall–Kier alpha value is -3.56. The van der Waals surface area contributed by atoms with E-state index in [0.717, 1.165) is 31.2 Å². The molecule has 1 aromatic carbocycles. The first kappa shape index (κ1) is 33.5. The van der Waals surface area contributed by atoms with Crippen LogP contribution < -0.4 is 5.32 Å². The van der Waals surface area contributed by atoms with Gasteiger partial charge in [-0.3, -0.25) is 14.6 Å². The maximum absolute atomic E-state index is 13.9. The van der Waals surface area contributed by atoms with Gasteiger partial charge in [-0.15, -0.1) is 0 Å². The van der Waals surface area contributed by atoms with Gasteiger partial charge < -0.3 is 20.3 Å². The van der Waals surface area contributed by atoms with E-state index >= 15 is 0 Å². The van der Waals surface area contributed by atoms with E-state index in [1.54, 1.807) is 13.8 Å². The number of benzene rings is 1. The van der Waals surface area contributed by atoms with Crippen LogP contribution in [0, 0.1) is 0 Å². The molecule has 3 N–H and O–H groups in total. The number of carboxylic acids is 1. The van der Waals surface area contributed by atoms with Gasteiger partial charge in [-0.2, -0.15) is 5.10 Å². The summed E-state index contributed by atoms with van der Waals surface area (Å²) in [6.45, 7) is 10.6. The Balaban J connectivity index is 0.000000806. The molecule has 1 fully saturated rings. The van der Waals surface area contributed by atoms with Crippen LogP contribution in [0.4, 0.5) is 4.39 Å². The zero-order valence-corrected chi connectivity index (χ0v) is 23.1. The first-order chi connectivity index (χ1) is 18.7. The average Bonchev–Trinajstić information content (AvgIpc) is 2.93. The Morgan fingerprint density at radius 3 is 2.36 bits per heavy atom. The topological polar surface area (TPSA) is 111 Å². The van der Waals surface area contributed by atoms with Crippen LogP contribution in [-0.2, 0) is 20.9 Å². The molecule has 0 atom stereocenters. The number of carbonyl (C=O) groups is 2. The van der Waals surface area contributed by atoms with Crippen molar-refractivity contribution in [2.45, 2.75) is 65.0 Å². The minimum atomic E-state index is -1.05. The zero-order valence-electron chi connectivity index (χ0n) is 23.1. The van der Waals surface area contributed by atoms with E-state index in [0.29, 0.717) is 11.1 Å². The monoisotopic (exact) mass is 543 g/mol. The normalized spacial score (nSPS) is 14.9. The van der Waals surface area contributed by atoms with Gasteiger partial charge in [-0.1, -0.05) is 68.8 Å². The van der Waals surface area contributed by atoms with Gasteiger partial charge >= 0.3 is 5.97 Å². The summed E-state index contributed by atoms with van der Waals surface area (Å²) in [6, 6.07) is 9.68. The molecule has 0 heterocycles. The zero-order chi connectivity index (χ0) is 29.0. The van der Waals surface area contributed by atoms with Crippen molar-refractivity contribution in [3.8, 4) is 0 Å². The molecule has 0 bridgehead atoms. The van der Waals surface area contributed by atoms with Crippen molar-refractivity contribution in [3.63, 3.8) is 0 Å². The van der Waals surface area contributed by atoms with Gasteiger partial charge in [0.05, 0.1) is 25.3 Å². The minimum absolute atomic E-state index is 0.0635. The van der Waals surface area contributed by atoms with Crippen molar-refractivity contribution in [2.75, 3.05) is 19.9 Å². The second kappa shape index (κ2) is 19.5. The third kappa shape index (κ3) is 15.4. The predicted molar refractivity (Wildman–Crippen MR) is 153 cm³/mol. The van der Waals surface area contributed by atoms with Crippen molar-refractivity contribution in [2.24, 2.45) is 5.10 Å². The van der Waals surface area contributed by atoms with Gasteiger partial charge in [0, 0.05) is 6.04 Å². The summed E-state index contributed by atoms with van der Waals surface area (Å²) >= 11 is 0. The van der Waals surface area contributed by atoms with Crippen LogP contribution in [0.25, 0.3) is 0 Å². The second-order valence-corrected chi connectivity index (χ2v) is 9.28. The van der Waals surface area contributed by atoms with Crippen molar-refractivity contribution in [1.82, 2.24) is 10.3 Å². The van der Waals surface area contributed by atoms with Gasteiger partial charge in [0.15, 0.2) is 0 Å². The van der Waals surface area contributed by atoms with Crippen LogP contribution in [-0.4, -0.2) is 58.7 Å². The largest absolute Gasteiger partial charge is 0.481 e. The highest BCUT2D eigenvalue weighted by molar-refractivity contribution is 6.04. The fourth-order valence-electron chi connectivity index (χ4n) is 3.65. The molecule has 1 aliphatic carbocycles. The lowest BCUT2D eigenvalue weighted by Crippen LogP contribution is -2.42. The molecule has 9 heteroatoms. The Morgan fingerprint density at radius 2 is 1.82 bits per heavy atom. The summed E-state index contributed by atoms with van der Waals surface area (Å²) in [5, 5.41) is 26.1. The highest BCUT2D eigenvalue weighted by Gasteiger charge is 2.18. The number of nitrogens with zero attached hydrogens (tertiary/aromatic N) is 2. The Kier molecular flexibility index (Phi) is 16.7. The lowest BCUT2D eigenvalue weighted by Gasteiger charge is -2.25. The van der Waals surface area contributed by atoms with E-state index < -0.39 is 11.8 Å². The predicted octanol–water partition coefficient (Wildman–Crippen LogP) is 5.28. The smallest absolute Gasteiger partial charge is 0.309 e. The Labute approximate surface area is 231 Å². The summed E-state index contributed by atoms with van der Waals surface area (Å²) in [5.74, 6) is -1.65. The van der Waals surface area contributed by atoms with Crippen LogP contribution >= 0.6 is 0 Å². The fourth-order valence-corrected chi connectivity index (χ4v) is 3.65. The number of nitrogens with one attached hydrogen (secondary N) is 1. The third-order valence-electron chi connectivity index (χ3n) is 5.79. The molecule has 1 saturated carbocycles. The van der Waals surface area contributed by atoms with Gasteiger partial charge in [0.25, 0.3) is 0 Å². The highest BCUT2D eigenvalue weighted by Crippen LogP contribution is 2.17. The molecular formula is C30H42FN3O5. The summed E-state index contributed by atoms with van der Waals surface area (Å²) in [7, 11) is 0. The van der Waals surface area contributed by atoms with E-state index in [-0.39, 0.29) is 50.6 Å². The molecule has 0 spiro atoms. The van der Waals surface area contributed by atoms with Crippen LogP contribution in [0.2, 0.25) is 0 Å². The SMILES string of the molecule is C=C/C(CC(=O)O)=N\N(COC/C(C)=C/C(F)=C(/C)C=C)CC(=O)NC1CCCCC1.OCc1ccccc1. The lowest BCUT2D eigenvalue weighted by atomic mass is 9.95. The van der Waals surface area contributed by atoms with Gasteiger partial charge in [0.1, 0.15) is 19.1 Å². The van der Waals surface area contributed by atoms with Crippen molar-refractivity contribution in [3.05, 3.63) is 84.3 Å². The standard InChI is InChI=1S/C23H34FN3O4.C7H8O/c1-5-18(4)21(24)12-17(3)15-31-16-27(26-19(6-2)13-23(29)30)14-22(28)25-20-10-8-7-9-11-20;8-6-7-4-2-1-3-5-7/h5-6,12,20H,1-2,7-11,13-16H2,3-4H3,(H,25,28)(H,29,30);1-5,8H,6H2/b17-12+,21-18+,26-19+;. The maximum atomic E-state index is 13.9. The van der Waals surface area contributed by atoms with Crippen molar-refractivity contribution in [1.29, 1.82) is 0 Å². The van der Waals surface area contributed by atoms with Gasteiger partial charge in [0.2, 0.25) is 5.91 Å². The number of allylic oxidation sites excluding steroid dienone is 5. The van der Waals surface area contributed by atoms with Crippen molar-refractivity contribution < 1.29 is 28.9 Å². The minimum Gasteiger partial charge on any atom is -0.481 e. The number of aliphatic hydroxyl groups is 1. The molecule has 1 amide bonds. The molecule has 1 aliphatic rings. The number of ether oxygens (including phenoxy) is 1. The number of amides is 1. The molecule has 0 unspecified atom stereocenters. The van der Waals surface area contributed by atoms with Crippen LogP contribution in [0.15, 0.2) is 83.8 Å². The Bertz CT molecular complexity index is 1010. The molecule has 0 aliphatic heterocycles. The number of carbonyl (C=O) groups excluding carboxylic acids is 1. The molecule has 0 aromatic heterocycles. The molecule has 0 saturated heterocycles. The van der Waals surface area contributed by atoms with E-state index in [2.05, 4.69) is 23.6 Å². The fraction of sp³-hybridized carbons (Fsp3) is 0.433. The number of aliphatic carboxylic acids is 1. The van der Waals surface area contributed by atoms with E-state index in [1.807, 2.05) is 30.3 Å². The van der Waals surface area contributed by atoms with E-state index in [1.165, 1.54) is 29.7 Å². The lowest BCUT2D eigenvalue weighted by molar-refractivity contribution is -0.135. The summed E-state index contributed by atoms with van der Waals surface area (Å²) in [4.78, 5) is 23.5. The summed E-state index contributed by atoms with van der Waals surface area (Å²) in [6.07, 6.45) is 9.09. The molecule has 0 radical (unpaired) electrons. The van der Waals surface area contributed by atoms with E-state index in [9.17, 15) is 14.0 Å². The van der Waals surface area contributed by atoms with Gasteiger partial charge in [-0.05, 0) is 55.6 Å². The number of hydrogen-bond acceptors (Lipinski definition) is 6. The Morgan fingerprint density at radius 1 is 1.15 bits per heavy atom. The molecule has 8 nitrogen and oxygen atoms in total.